The van der Waals surface area contributed by atoms with E-state index in [1.54, 1.807) is 0 Å². The minimum absolute atomic E-state index is 0.281. The van der Waals surface area contributed by atoms with Crippen molar-refractivity contribution in [3.63, 3.8) is 0 Å². The van der Waals surface area contributed by atoms with Crippen LogP contribution in [0.4, 0.5) is 0 Å². The number of aliphatic hydroxyl groups is 1. The monoisotopic (exact) mass is 224 g/mol. The number of hydrogen-bond acceptors (Lipinski definition) is 3. The maximum Gasteiger partial charge on any atom is 0.306 e. The predicted molar refractivity (Wildman–Crippen MR) is 57.2 cm³/mol. The average Bonchev–Trinajstić information content (AvgIpc) is 2.61. The van der Waals surface area contributed by atoms with E-state index in [0.29, 0.717) is 12.2 Å². The number of carboxylic acid groups (broad SMARTS) is 1. The molecule has 1 heterocycles. The van der Waals surface area contributed by atoms with Crippen LogP contribution in [0.1, 0.15) is 43.3 Å². The Morgan fingerprint density at radius 3 is 3.00 bits per heavy atom. The second kappa shape index (κ2) is 3.94. The molecule has 0 radical (unpaired) electrons. The molecule has 1 aliphatic carbocycles. The molecule has 0 aromatic carbocycles. The van der Waals surface area contributed by atoms with Crippen LogP contribution in [0.3, 0.4) is 0 Å². The lowest BCUT2D eigenvalue weighted by molar-refractivity contribution is -0.144. The summed E-state index contributed by atoms with van der Waals surface area (Å²) >= 11 is 0. The molecule has 0 spiro atoms. The second-order valence-corrected chi connectivity index (χ2v) is 4.38. The van der Waals surface area contributed by atoms with Crippen LogP contribution in [0.15, 0.2) is 10.5 Å². The zero-order valence-corrected chi connectivity index (χ0v) is 9.32. The van der Waals surface area contributed by atoms with Gasteiger partial charge in [0, 0.05) is 6.42 Å². The number of hydrogen-bond donors (Lipinski definition) is 2. The Balaban J connectivity index is 2.38. The van der Waals surface area contributed by atoms with E-state index in [1.165, 1.54) is 0 Å². The third kappa shape index (κ3) is 1.85. The average molecular weight is 224 g/mol. The molecular weight excluding hydrogens is 208 g/mol. The van der Waals surface area contributed by atoms with E-state index < -0.39 is 11.6 Å². The van der Waals surface area contributed by atoms with E-state index in [2.05, 4.69) is 0 Å². The summed E-state index contributed by atoms with van der Waals surface area (Å²) in [6.07, 6.45) is 2.61. The molecule has 0 saturated carbocycles. The first-order valence-electron chi connectivity index (χ1n) is 5.61. The zero-order chi connectivity index (χ0) is 11.8. The van der Waals surface area contributed by atoms with E-state index in [0.717, 1.165) is 30.6 Å². The van der Waals surface area contributed by atoms with Crippen molar-refractivity contribution in [2.75, 3.05) is 0 Å². The molecule has 1 aromatic rings. The molecule has 1 aliphatic rings. The topological polar surface area (TPSA) is 70.7 Å². The lowest BCUT2D eigenvalue weighted by Gasteiger charge is -2.29. The normalized spacial score (nSPS) is 24.1. The largest absolute Gasteiger partial charge is 0.481 e. The number of carbonyl (C=O) groups is 1. The summed E-state index contributed by atoms with van der Waals surface area (Å²) in [6.45, 7) is 1.97. The first-order valence-corrected chi connectivity index (χ1v) is 5.61. The van der Waals surface area contributed by atoms with Crippen LogP contribution in [0.25, 0.3) is 0 Å². The van der Waals surface area contributed by atoms with Crippen LogP contribution in [0.5, 0.6) is 0 Å². The van der Waals surface area contributed by atoms with E-state index in [1.807, 2.05) is 13.0 Å². The van der Waals surface area contributed by atoms with Gasteiger partial charge in [0.25, 0.3) is 0 Å². The van der Waals surface area contributed by atoms with Crippen molar-refractivity contribution in [2.24, 2.45) is 0 Å². The van der Waals surface area contributed by atoms with Crippen LogP contribution in [0, 0.1) is 0 Å². The summed E-state index contributed by atoms with van der Waals surface area (Å²) < 4.78 is 5.56. The Morgan fingerprint density at radius 2 is 2.38 bits per heavy atom. The minimum Gasteiger partial charge on any atom is -0.481 e. The van der Waals surface area contributed by atoms with Gasteiger partial charge in [-0.1, -0.05) is 6.92 Å². The second-order valence-electron chi connectivity index (χ2n) is 4.38. The number of aryl methyl sites for hydroxylation is 2. The van der Waals surface area contributed by atoms with Crippen molar-refractivity contribution >= 4 is 5.97 Å². The molecule has 1 unspecified atom stereocenters. The molecule has 88 valence electrons. The van der Waals surface area contributed by atoms with E-state index >= 15 is 0 Å². The smallest absolute Gasteiger partial charge is 0.306 e. The zero-order valence-electron chi connectivity index (χ0n) is 9.32. The van der Waals surface area contributed by atoms with Gasteiger partial charge in [-0.25, -0.2) is 0 Å². The molecule has 0 fully saturated rings. The molecule has 16 heavy (non-hydrogen) atoms. The van der Waals surface area contributed by atoms with E-state index in [-0.39, 0.29) is 6.42 Å². The van der Waals surface area contributed by atoms with Crippen LogP contribution >= 0.6 is 0 Å². The summed E-state index contributed by atoms with van der Waals surface area (Å²) in [4.78, 5) is 10.8. The molecule has 1 aromatic heterocycles. The predicted octanol–water partition coefficient (Wildman–Crippen LogP) is 1.84. The quantitative estimate of drug-likeness (QED) is 0.821. The molecule has 0 bridgehead atoms. The van der Waals surface area contributed by atoms with Crippen LogP contribution in [0.2, 0.25) is 0 Å². The van der Waals surface area contributed by atoms with Gasteiger partial charge in [0.1, 0.15) is 17.1 Å². The Hall–Kier alpha value is -1.29. The van der Waals surface area contributed by atoms with E-state index in [4.69, 9.17) is 9.52 Å². The molecule has 4 heteroatoms. The van der Waals surface area contributed by atoms with Crippen LogP contribution < -0.4 is 0 Å². The molecule has 2 rings (SSSR count). The van der Waals surface area contributed by atoms with E-state index in [9.17, 15) is 9.90 Å². The Bertz CT molecular complexity index is 407. The molecule has 0 amide bonds. The Labute approximate surface area is 93.9 Å². The summed E-state index contributed by atoms with van der Waals surface area (Å²) in [6, 6.07) is 1.93. The van der Waals surface area contributed by atoms with Crippen molar-refractivity contribution in [1.29, 1.82) is 0 Å². The summed E-state index contributed by atoms with van der Waals surface area (Å²) in [5.74, 6) is 0.290. The summed E-state index contributed by atoms with van der Waals surface area (Å²) in [7, 11) is 0. The minimum atomic E-state index is -1.31. The molecule has 1 atom stereocenters. The number of aliphatic carboxylic acids is 1. The lowest BCUT2D eigenvalue weighted by atomic mass is 9.82. The molecular formula is C12H16O4. The number of rotatable bonds is 3. The van der Waals surface area contributed by atoms with Gasteiger partial charge in [-0.15, -0.1) is 0 Å². The third-order valence-electron chi connectivity index (χ3n) is 3.11. The number of furan rings is 1. The molecule has 0 saturated heterocycles. The lowest BCUT2D eigenvalue weighted by Crippen LogP contribution is -2.32. The van der Waals surface area contributed by atoms with Gasteiger partial charge in [-0.2, -0.15) is 0 Å². The number of fused-ring (bicyclic) bond motifs is 1. The fraction of sp³-hybridized carbons (Fsp3) is 0.583. The third-order valence-corrected chi connectivity index (χ3v) is 3.11. The van der Waals surface area contributed by atoms with Crippen LogP contribution in [-0.4, -0.2) is 16.2 Å². The maximum absolute atomic E-state index is 10.8. The van der Waals surface area contributed by atoms with Gasteiger partial charge in [0.15, 0.2) is 0 Å². The highest BCUT2D eigenvalue weighted by molar-refractivity contribution is 5.68. The number of carboxylic acids is 1. The van der Waals surface area contributed by atoms with Gasteiger partial charge in [-0.05, 0) is 30.9 Å². The van der Waals surface area contributed by atoms with Crippen molar-refractivity contribution in [2.45, 2.75) is 44.6 Å². The molecule has 2 N–H and O–H groups in total. The van der Waals surface area contributed by atoms with Crippen molar-refractivity contribution in [1.82, 2.24) is 0 Å². The van der Waals surface area contributed by atoms with Gasteiger partial charge >= 0.3 is 5.97 Å². The van der Waals surface area contributed by atoms with Gasteiger partial charge in [0.2, 0.25) is 0 Å². The van der Waals surface area contributed by atoms with Crippen molar-refractivity contribution in [3.05, 3.63) is 23.2 Å². The highest BCUT2D eigenvalue weighted by Gasteiger charge is 2.40. The summed E-state index contributed by atoms with van der Waals surface area (Å²) in [5, 5.41) is 19.1. The van der Waals surface area contributed by atoms with Crippen LogP contribution in [-0.2, 0) is 23.2 Å². The Kier molecular flexibility index (Phi) is 2.76. The fourth-order valence-corrected chi connectivity index (χ4v) is 2.34. The van der Waals surface area contributed by atoms with Crippen molar-refractivity contribution < 1.29 is 19.4 Å². The first-order chi connectivity index (χ1) is 7.55. The fourth-order valence-electron chi connectivity index (χ4n) is 2.34. The highest BCUT2D eigenvalue weighted by atomic mass is 16.4. The van der Waals surface area contributed by atoms with Gasteiger partial charge in [0.05, 0.1) is 6.42 Å². The molecule has 4 nitrogen and oxygen atoms in total. The Morgan fingerprint density at radius 1 is 1.62 bits per heavy atom. The van der Waals surface area contributed by atoms with Crippen molar-refractivity contribution in [3.8, 4) is 0 Å². The maximum atomic E-state index is 10.8. The van der Waals surface area contributed by atoms with Gasteiger partial charge < -0.3 is 14.6 Å². The highest BCUT2D eigenvalue weighted by Crippen LogP contribution is 2.39. The first kappa shape index (κ1) is 11.2. The SMILES string of the molecule is CCc1cc2c(o1)C(O)(CC(=O)O)CCC2. The van der Waals surface area contributed by atoms with Gasteiger partial charge in [-0.3, -0.25) is 4.79 Å². The standard InChI is InChI=1S/C12H16O4/c1-2-9-6-8-4-3-5-12(15,7-10(13)14)11(8)16-9/h6,15H,2-5,7H2,1H3,(H,13,14). The molecule has 0 aliphatic heterocycles. The summed E-state index contributed by atoms with van der Waals surface area (Å²) in [5.41, 5.74) is -0.348.